The summed E-state index contributed by atoms with van der Waals surface area (Å²) in [6.45, 7) is 6.44. The summed E-state index contributed by atoms with van der Waals surface area (Å²) in [6.07, 6.45) is 0.859. The van der Waals surface area contributed by atoms with Crippen molar-refractivity contribution in [2.24, 2.45) is 11.7 Å². The zero-order valence-corrected chi connectivity index (χ0v) is 10.9. The topological polar surface area (TPSA) is 55.1 Å². The van der Waals surface area contributed by atoms with Crippen molar-refractivity contribution in [3.63, 3.8) is 0 Å². The van der Waals surface area contributed by atoms with E-state index in [2.05, 4.69) is 36.5 Å². The van der Waals surface area contributed by atoms with Crippen molar-refractivity contribution >= 4 is 5.91 Å². The first kappa shape index (κ1) is 13.7. The van der Waals surface area contributed by atoms with Gasteiger partial charge in [-0.25, -0.2) is 0 Å². The molecule has 2 unspecified atom stereocenters. The predicted molar refractivity (Wildman–Crippen MR) is 70.7 cm³/mol. The second kappa shape index (κ2) is 6.40. The normalized spacial score (nSPS) is 14.1. The Kier molecular flexibility index (Phi) is 5.16. The summed E-state index contributed by atoms with van der Waals surface area (Å²) in [7, 11) is 0. The standard InChI is InChI=1S/C14H22N2O/c1-10-4-6-13(7-5-10)8-9-16-14(17)11(2)12(3)15/h4-7,11-12H,8-9,15H2,1-3H3,(H,16,17). The van der Waals surface area contributed by atoms with Crippen molar-refractivity contribution in [3.8, 4) is 0 Å². The van der Waals surface area contributed by atoms with Crippen LogP contribution in [0, 0.1) is 12.8 Å². The molecular weight excluding hydrogens is 212 g/mol. The lowest BCUT2D eigenvalue weighted by Gasteiger charge is -2.15. The van der Waals surface area contributed by atoms with Gasteiger partial charge in [-0.15, -0.1) is 0 Å². The van der Waals surface area contributed by atoms with Gasteiger partial charge in [0.25, 0.3) is 0 Å². The van der Waals surface area contributed by atoms with Crippen molar-refractivity contribution in [1.82, 2.24) is 5.32 Å². The number of hydrogen-bond donors (Lipinski definition) is 2. The summed E-state index contributed by atoms with van der Waals surface area (Å²) in [5, 5.41) is 2.91. The van der Waals surface area contributed by atoms with Gasteiger partial charge in [0.2, 0.25) is 5.91 Å². The van der Waals surface area contributed by atoms with Gasteiger partial charge in [0.1, 0.15) is 0 Å². The molecule has 1 aromatic rings. The Labute approximate surface area is 103 Å². The number of carbonyl (C=O) groups excluding carboxylic acids is 1. The Bertz CT molecular complexity index is 357. The fourth-order valence-corrected chi connectivity index (χ4v) is 1.48. The van der Waals surface area contributed by atoms with E-state index in [1.165, 1.54) is 11.1 Å². The van der Waals surface area contributed by atoms with E-state index in [-0.39, 0.29) is 17.9 Å². The highest BCUT2D eigenvalue weighted by atomic mass is 16.1. The quantitative estimate of drug-likeness (QED) is 0.813. The first-order valence-corrected chi connectivity index (χ1v) is 6.09. The van der Waals surface area contributed by atoms with Crippen LogP contribution in [0.4, 0.5) is 0 Å². The fourth-order valence-electron chi connectivity index (χ4n) is 1.48. The third-order valence-electron chi connectivity index (χ3n) is 3.04. The molecule has 0 spiro atoms. The number of carbonyl (C=O) groups is 1. The maximum Gasteiger partial charge on any atom is 0.224 e. The molecule has 0 bridgehead atoms. The van der Waals surface area contributed by atoms with Crippen molar-refractivity contribution in [2.75, 3.05) is 6.54 Å². The second-order valence-electron chi connectivity index (χ2n) is 4.67. The van der Waals surface area contributed by atoms with Crippen LogP contribution in [0.5, 0.6) is 0 Å². The van der Waals surface area contributed by atoms with Crippen LogP contribution in [0.1, 0.15) is 25.0 Å². The average Bonchev–Trinajstić information content (AvgIpc) is 2.30. The van der Waals surface area contributed by atoms with Crippen LogP contribution in [0.25, 0.3) is 0 Å². The number of aryl methyl sites for hydroxylation is 1. The highest BCUT2D eigenvalue weighted by Crippen LogP contribution is 2.04. The number of benzene rings is 1. The van der Waals surface area contributed by atoms with Crippen LogP contribution in [-0.4, -0.2) is 18.5 Å². The van der Waals surface area contributed by atoms with Crippen LogP contribution < -0.4 is 11.1 Å². The average molecular weight is 234 g/mol. The molecule has 94 valence electrons. The first-order valence-electron chi connectivity index (χ1n) is 6.09. The molecule has 0 saturated heterocycles. The SMILES string of the molecule is Cc1ccc(CCNC(=O)C(C)C(C)N)cc1. The zero-order valence-electron chi connectivity index (χ0n) is 10.9. The maximum absolute atomic E-state index is 11.6. The van der Waals surface area contributed by atoms with E-state index in [0.29, 0.717) is 6.54 Å². The summed E-state index contributed by atoms with van der Waals surface area (Å²) in [5.74, 6) is -0.0971. The van der Waals surface area contributed by atoms with E-state index in [1.54, 1.807) is 0 Å². The van der Waals surface area contributed by atoms with Crippen LogP contribution in [-0.2, 0) is 11.2 Å². The third-order valence-corrected chi connectivity index (χ3v) is 3.04. The Morgan fingerprint density at radius 1 is 1.29 bits per heavy atom. The molecule has 3 nitrogen and oxygen atoms in total. The molecule has 0 aromatic heterocycles. The number of rotatable bonds is 5. The third kappa shape index (κ3) is 4.57. The predicted octanol–water partition coefficient (Wildman–Crippen LogP) is 1.64. The largest absolute Gasteiger partial charge is 0.355 e. The molecule has 0 aliphatic rings. The minimum Gasteiger partial charge on any atom is -0.355 e. The smallest absolute Gasteiger partial charge is 0.224 e. The molecule has 3 N–H and O–H groups in total. The fraction of sp³-hybridized carbons (Fsp3) is 0.500. The van der Waals surface area contributed by atoms with Gasteiger partial charge >= 0.3 is 0 Å². The zero-order chi connectivity index (χ0) is 12.8. The molecule has 0 radical (unpaired) electrons. The molecule has 3 heteroatoms. The van der Waals surface area contributed by atoms with Gasteiger partial charge in [-0.3, -0.25) is 4.79 Å². The van der Waals surface area contributed by atoms with Crippen LogP contribution in [0.3, 0.4) is 0 Å². The lowest BCUT2D eigenvalue weighted by molar-refractivity contribution is -0.124. The molecule has 0 saturated carbocycles. The molecule has 1 aromatic carbocycles. The molecule has 0 fully saturated rings. The lowest BCUT2D eigenvalue weighted by Crippen LogP contribution is -2.39. The maximum atomic E-state index is 11.6. The van der Waals surface area contributed by atoms with Gasteiger partial charge < -0.3 is 11.1 Å². The Morgan fingerprint density at radius 3 is 2.41 bits per heavy atom. The Morgan fingerprint density at radius 2 is 1.88 bits per heavy atom. The summed E-state index contributed by atoms with van der Waals surface area (Å²) < 4.78 is 0. The molecule has 0 aliphatic heterocycles. The highest BCUT2D eigenvalue weighted by Gasteiger charge is 2.15. The van der Waals surface area contributed by atoms with E-state index in [1.807, 2.05) is 13.8 Å². The molecule has 2 atom stereocenters. The Balaban J connectivity index is 2.33. The van der Waals surface area contributed by atoms with Gasteiger partial charge in [0.15, 0.2) is 0 Å². The van der Waals surface area contributed by atoms with Crippen molar-refractivity contribution in [1.29, 1.82) is 0 Å². The molecule has 1 amide bonds. The van der Waals surface area contributed by atoms with Crippen LogP contribution >= 0.6 is 0 Å². The van der Waals surface area contributed by atoms with Gasteiger partial charge in [0.05, 0.1) is 0 Å². The number of amides is 1. The summed E-state index contributed by atoms with van der Waals surface area (Å²) >= 11 is 0. The Hall–Kier alpha value is -1.35. The minimum absolute atomic E-state index is 0.0344. The molecular formula is C14H22N2O. The van der Waals surface area contributed by atoms with Crippen molar-refractivity contribution in [2.45, 2.75) is 33.2 Å². The van der Waals surface area contributed by atoms with Gasteiger partial charge in [-0.05, 0) is 25.8 Å². The van der Waals surface area contributed by atoms with Gasteiger partial charge in [-0.1, -0.05) is 36.8 Å². The monoisotopic (exact) mass is 234 g/mol. The number of hydrogen-bond acceptors (Lipinski definition) is 2. The van der Waals surface area contributed by atoms with E-state index < -0.39 is 0 Å². The van der Waals surface area contributed by atoms with Crippen LogP contribution in [0.2, 0.25) is 0 Å². The molecule has 17 heavy (non-hydrogen) atoms. The van der Waals surface area contributed by atoms with E-state index in [9.17, 15) is 4.79 Å². The summed E-state index contributed by atoms with van der Waals surface area (Å²) in [4.78, 5) is 11.6. The minimum atomic E-state index is -0.131. The van der Waals surface area contributed by atoms with Crippen LogP contribution in [0.15, 0.2) is 24.3 Å². The van der Waals surface area contributed by atoms with Gasteiger partial charge in [-0.2, -0.15) is 0 Å². The second-order valence-corrected chi connectivity index (χ2v) is 4.67. The van der Waals surface area contributed by atoms with E-state index in [4.69, 9.17) is 5.73 Å². The molecule has 0 heterocycles. The molecule has 0 aliphatic carbocycles. The molecule has 1 rings (SSSR count). The summed E-state index contributed by atoms with van der Waals surface area (Å²) in [5.41, 5.74) is 8.17. The highest BCUT2D eigenvalue weighted by molar-refractivity contribution is 5.78. The summed E-state index contributed by atoms with van der Waals surface area (Å²) in [6, 6.07) is 8.26. The first-order chi connectivity index (χ1) is 8.00. The number of nitrogens with two attached hydrogens (primary N) is 1. The van der Waals surface area contributed by atoms with Gasteiger partial charge in [0, 0.05) is 18.5 Å². The van der Waals surface area contributed by atoms with E-state index in [0.717, 1.165) is 6.42 Å². The van der Waals surface area contributed by atoms with Crippen molar-refractivity contribution < 1.29 is 4.79 Å². The van der Waals surface area contributed by atoms with Crippen molar-refractivity contribution in [3.05, 3.63) is 35.4 Å². The lowest BCUT2D eigenvalue weighted by atomic mass is 10.0. The van der Waals surface area contributed by atoms with E-state index >= 15 is 0 Å². The number of nitrogens with one attached hydrogen (secondary N) is 1.